The zero-order chi connectivity index (χ0) is 11.1. The molecule has 0 aromatic heterocycles. The molecule has 16 heavy (non-hydrogen) atoms. The Bertz CT molecular complexity index is 434. The molecule has 0 radical (unpaired) electrons. The molecule has 2 aliphatic heterocycles. The highest BCUT2D eigenvalue weighted by Gasteiger charge is 2.27. The third kappa shape index (κ3) is 1.62. The number of benzene rings is 1. The lowest BCUT2D eigenvalue weighted by molar-refractivity contribution is 0.174. The van der Waals surface area contributed by atoms with E-state index in [9.17, 15) is 5.11 Å². The predicted molar refractivity (Wildman–Crippen MR) is 66.4 cm³/mol. The molecule has 0 aliphatic carbocycles. The lowest BCUT2D eigenvalue weighted by Gasteiger charge is -2.16. The summed E-state index contributed by atoms with van der Waals surface area (Å²) in [5.41, 5.74) is 3.21. The topological polar surface area (TPSA) is 29.5 Å². The van der Waals surface area contributed by atoms with Gasteiger partial charge in [0.25, 0.3) is 0 Å². The van der Waals surface area contributed by atoms with Crippen molar-refractivity contribution in [1.82, 2.24) is 0 Å². The zero-order valence-corrected chi connectivity index (χ0v) is 10.4. The second-order valence-corrected chi connectivity index (χ2v) is 5.71. The molecule has 0 spiro atoms. The van der Waals surface area contributed by atoms with Crippen LogP contribution >= 0.6 is 23.4 Å². The highest BCUT2D eigenvalue weighted by molar-refractivity contribution is 7.98. The molecule has 0 fully saturated rings. The third-order valence-electron chi connectivity index (χ3n) is 3.18. The van der Waals surface area contributed by atoms with Crippen molar-refractivity contribution >= 4 is 23.4 Å². The fourth-order valence-corrected chi connectivity index (χ4v) is 3.80. The molecule has 0 saturated carbocycles. The zero-order valence-electron chi connectivity index (χ0n) is 8.83. The number of hydrogen-bond donors (Lipinski definition) is 1. The van der Waals surface area contributed by atoms with E-state index < -0.39 is 6.10 Å². The summed E-state index contributed by atoms with van der Waals surface area (Å²) in [6, 6.07) is 1.96. The molecule has 2 heterocycles. The summed E-state index contributed by atoms with van der Waals surface area (Å²) in [7, 11) is 0. The van der Waals surface area contributed by atoms with Crippen molar-refractivity contribution in [2.75, 3.05) is 12.4 Å². The number of fused-ring (bicyclic) bond motifs is 3. The van der Waals surface area contributed by atoms with Gasteiger partial charge in [-0.3, -0.25) is 0 Å². The quantitative estimate of drug-likeness (QED) is 0.774. The molecule has 0 saturated heterocycles. The summed E-state index contributed by atoms with van der Waals surface area (Å²) in [4.78, 5) is 0. The van der Waals surface area contributed by atoms with Gasteiger partial charge in [0.2, 0.25) is 0 Å². The first-order valence-electron chi connectivity index (χ1n) is 5.50. The Labute approximate surface area is 104 Å². The molecular weight excluding hydrogens is 244 g/mol. The van der Waals surface area contributed by atoms with Gasteiger partial charge in [0.1, 0.15) is 5.75 Å². The number of ether oxygens (including phenoxy) is 1. The van der Waals surface area contributed by atoms with Gasteiger partial charge in [-0.05, 0) is 23.8 Å². The number of halogens is 1. The maximum Gasteiger partial charge on any atom is 0.127 e. The van der Waals surface area contributed by atoms with Crippen LogP contribution in [0.3, 0.4) is 0 Å². The van der Waals surface area contributed by atoms with E-state index in [1.54, 1.807) is 0 Å². The van der Waals surface area contributed by atoms with Crippen molar-refractivity contribution in [3.63, 3.8) is 0 Å². The average Bonchev–Trinajstić information content (AvgIpc) is 2.62. The second kappa shape index (κ2) is 4.13. The summed E-state index contributed by atoms with van der Waals surface area (Å²) in [6.07, 6.45) is 1.27. The number of hydrogen-bond acceptors (Lipinski definition) is 3. The first-order chi connectivity index (χ1) is 7.77. The van der Waals surface area contributed by atoms with Crippen molar-refractivity contribution < 1.29 is 9.84 Å². The Morgan fingerprint density at radius 2 is 2.38 bits per heavy atom. The molecule has 1 aromatic rings. The van der Waals surface area contributed by atoms with Crippen molar-refractivity contribution in [3.8, 4) is 5.75 Å². The van der Waals surface area contributed by atoms with Crippen molar-refractivity contribution in [2.24, 2.45) is 0 Å². The van der Waals surface area contributed by atoms with Crippen LogP contribution in [-0.4, -0.2) is 17.5 Å². The summed E-state index contributed by atoms with van der Waals surface area (Å²) in [6.45, 7) is 0.739. The Balaban J connectivity index is 2.21. The van der Waals surface area contributed by atoms with Gasteiger partial charge < -0.3 is 9.84 Å². The van der Waals surface area contributed by atoms with E-state index >= 15 is 0 Å². The second-order valence-electron chi connectivity index (χ2n) is 4.19. The SMILES string of the molecule is O[C@H]1CCSCc2c3c(cc(Cl)c21)CCO3. The molecule has 1 N–H and O–H groups in total. The highest BCUT2D eigenvalue weighted by Crippen LogP contribution is 2.43. The summed E-state index contributed by atoms with van der Waals surface area (Å²) >= 11 is 8.11. The minimum absolute atomic E-state index is 0.438. The summed E-state index contributed by atoms with van der Waals surface area (Å²) in [5.74, 6) is 2.85. The van der Waals surface area contributed by atoms with E-state index in [1.807, 2.05) is 17.8 Å². The third-order valence-corrected chi connectivity index (χ3v) is 4.51. The minimum atomic E-state index is -0.438. The molecular formula is C12H13ClO2S. The van der Waals surface area contributed by atoms with Crippen LogP contribution in [0.2, 0.25) is 5.02 Å². The maximum absolute atomic E-state index is 10.1. The smallest absolute Gasteiger partial charge is 0.127 e. The van der Waals surface area contributed by atoms with Crippen LogP contribution in [0.5, 0.6) is 5.75 Å². The van der Waals surface area contributed by atoms with E-state index in [0.717, 1.165) is 47.8 Å². The van der Waals surface area contributed by atoms with Gasteiger partial charge >= 0.3 is 0 Å². The number of aliphatic hydroxyl groups excluding tert-OH is 1. The van der Waals surface area contributed by atoms with E-state index in [1.165, 1.54) is 5.56 Å². The van der Waals surface area contributed by atoms with E-state index in [0.29, 0.717) is 5.02 Å². The monoisotopic (exact) mass is 256 g/mol. The minimum Gasteiger partial charge on any atom is -0.493 e. The summed E-state index contributed by atoms with van der Waals surface area (Å²) < 4.78 is 5.67. The van der Waals surface area contributed by atoms with Gasteiger partial charge in [0, 0.05) is 28.3 Å². The first kappa shape index (κ1) is 10.8. The fourth-order valence-electron chi connectivity index (χ4n) is 2.40. The van der Waals surface area contributed by atoms with Crippen LogP contribution in [0.25, 0.3) is 0 Å². The predicted octanol–water partition coefficient (Wildman–Crippen LogP) is 2.95. The molecule has 0 amide bonds. The van der Waals surface area contributed by atoms with Gasteiger partial charge in [-0.2, -0.15) is 11.8 Å². The largest absolute Gasteiger partial charge is 0.493 e. The number of aliphatic hydroxyl groups is 1. The Kier molecular flexibility index (Phi) is 2.78. The van der Waals surface area contributed by atoms with Crippen LogP contribution in [-0.2, 0) is 12.2 Å². The van der Waals surface area contributed by atoms with Crippen molar-refractivity contribution in [3.05, 3.63) is 27.8 Å². The van der Waals surface area contributed by atoms with Gasteiger partial charge in [0.05, 0.1) is 12.7 Å². The molecule has 2 nitrogen and oxygen atoms in total. The van der Waals surface area contributed by atoms with E-state index in [4.69, 9.17) is 16.3 Å². The molecule has 0 bridgehead atoms. The van der Waals surface area contributed by atoms with Gasteiger partial charge in [-0.1, -0.05) is 11.6 Å². The van der Waals surface area contributed by atoms with E-state index in [2.05, 4.69) is 0 Å². The average molecular weight is 257 g/mol. The lowest BCUT2D eigenvalue weighted by Crippen LogP contribution is -2.02. The van der Waals surface area contributed by atoms with Crippen molar-refractivity contribution in [2.45, 2.75) is 24.7 Å². The van der Waals surface area contributed by atoms with Gasteiger partial charge in [-0.25, -0.2) is 0 Å². The summed E-state index contributed by atoms with van der Waals surface area (Å²) in [5, 5.41) is 10.8. The van der Waals surface area contributed by atoms with Crippen LogP contribution in [0.1, 0.15) is 29.2 Å². The highest BCUT2D eigenvalue weighted by atomic mass is 35.5. The number of thioether (sulfide) groups is 1. The molecule has 3 rings (SSSR count). The Morgan fingerprint density at radius 1 is 1.50 bits per heavy atom. The molecule has 1 aromatic carbocycles. The first-order valence-corrected chi connectivity index (χ1v) is 7.03. The van der Waals surface area contributed by atoms with Gasteiger partial charge in [-0.15, -0.1) is 0 Å². The Hall–Kier alpha value is -0.380. The molecule has 1 atom stereocenters. The fraction of sp³-hybridized carbons (Fsp3) is 0.500. The van der Waals surface area contributed by atoms with Gasteiger partial charge in [0.15, 0.2) is 0 Å². The molecule has 86 valence electrons. The number of rotatable bonds is 0. The van der Waals surface area contributed by atoms with Crippen LogP contribution < -0.4 is 4.74 Å². The standard InChI is InChI=1S/C12H13ClO2S/c13-9-5-7-1-3-15-12(7)8-6-16-4-2-10(14)11(8)9/h5,10,14H,1-4,6H2/t10-/m0/s1. The molecule has 2 aliphatic rings. The van der Waals surface area contributed by atoms with Crippen LogP contribution in [0.4, 0.5) is 0 Å². The lowest BCUT2D eigenvalue weighted by atomic mass is 9.97. The molecule has 0 unspecified atom stereocenters. The normalized spacial score (nSPS) is 23.2. The van der Waals surface area contributed by atoms with E-state index in [-0.39, 0.29) is 0 Å². The van der Waals surface area contributed by atoms with Crippen molar-refractivity contribution in [1.29, 1.82) is 0 Å². The maximum atomic E-state index is 10.1. The van der Waals surface area contributed by atoms with Crippen LogP contribution in [0.15, 0.2) is 6.07 Å². The Morgan fingerprint density at radius 3 is 3.25 bits per heavy atom. The molecule has 4 heteroatoms. The van der Waals surface area contributed by atoms with Crippen LogP contribution in [0, 0.1) is 0 Å².